The average molecular weight is 390 g/mol. The van der Waals surface area contributed by atoms with Crippen molar-refractivity contribution in [2.24, 2.45) is 5.92 Å². The number of carboxylic acid groups (broad SMARTS) is 1. The van der Waals surface area contributed by atoms with Crippen LogP contribution in [0.2, 0.25) is 5.02 Å². The minimum absolute atomic E-state index is 0.0547. The first kappa shape index (κ1) is 21.3. The highest BCUT2D eigenvalue weighted by Crippen LogP contribution is 2.36. The number of aliphatic carboxylic acids is 1. The molecule has 0 aromatic heterocycles. The largest absolute Gasteiger partial charge is 0.480 e. The lowest BCUT2D eigenvalue weighted by Crippen LogP contribution is -2.44. The Morgan fingerprint density at radius 1 is 1.35 bits per heavy atom. The van der Waals surface area contributed by atoms with Gasteiger partial charge in [0.15, 0.2) is 0 Å². The fourth-order valence-electron chi connectivity index (χ4n) is 1.87. The van der Waals surface area contributed by atoms with Crippen molar-refractivity contribution in [3.05, 3.63) is 40.6 Å². The van der Waals surface area contributed by atoms with Gasteiger partial charge in [-0.2, -0.15) is 18.4 Å². The minimum Gasteiger partial charge on any atom is -0.480 e. The van der Waals surface area contributed by atoms with Crippen molar-refractivity contribution < 1.29 is 27.9 Å². The van der Waals surface area contributed by atoms with Crippen molar-refractivity contribution in [3.8, 4) is 6.07 Å². The molecule has 6 nitrogen and oxygen atoms in total. The second-order valence-corrected chi connectivity index (χ2v) is 5.95. The van der Waals surface area contributed by atoms with Crippen LogP contribution in [0.4, 0.5) is 18.9 Å². The van der Waals surface area contributed by atoms with Gasteiger partial charge in [-0.05, 0) is 24.1 Å². The van der Waals surface area contributed by atoms with Gasteiger partial charge < -0.3 is 15.7 Å². The number of hydrogen-bond acceptors (Lipinski definition) is 4. The lowest BCUT2D eigenvalue weighted by molar-refractivity contribution is -0.142. The Labute approximate surface area is 152 Å². The molecular formula is C16H15ClF3N3O3. The van der Waals surface area contributed by atoms with E-state index in [9.17, 15) is 22.8 Å². The van der Waals surface area contributed by atoms with E-state index >= 15 is 0 Å². The van der Waals surface area contributed by atoms with Gasteiger partial charge >= 0.3 is 12.1 Å². The summed E-state index contributed by atoms with van der Waals surface area (Å²) in [6.07, 6.45) is -3.78. The summed E-state index contributed by atoms with van der Waals surface area (Å²) in [4.78, 5) is 23.1. The number of carboxylic acids is 1. The van der Waals surface area contributed by atoms with Gasteiger partial charge in [-0.25, -0.2) is 4.79 Å². The van der Waals surface area contributed by atoms with Crippen molar-refractivity contribution >= 4 is 29.2 Å². The maximum absolute atomic E-state index is 12.8. The standard InChI is InChI=1S/C16H15ClF3N3O3/c1-8(2)13(15(25)26)23-14(24)9(6-21)7-22-10-3-4-12(17)11(5-10)16(18,19)20/h3-5,7-8,13,22H,1-2H3,(H,23,24)(H,25,26)/b9-7-. The molecule has 0 fully saturated rings. The summed E-state index contributed by atoms with van der Waals surface area (Å²) in [7, 11) is 0. The van der Waals surface area contributed by atoms with Crippen LogP contribution in [0.5, 0.6) is 0 Å². The van der Waals surface area contributed by atoms with Crippen molar-refractivity contribution in [2.45, 2.75) is 26.1 Å². The van der Waals surface area contributed by atoms with Gasteiger partial charge in [-0.15, -0.1) is 0 Å². The normalized spacial score (nSPS) is 13.1. The number of benzene rings is 1. The lowest BCUT2D eigenvalue weighted by atomic mass is 10.0. The summed E-state index contributed by atoms with van der Waals surface area (Å²) in [5, 5.41) is 22.1. The van der Waals surface area contributed by atoms with Gasteiger partial charge in [-0.3, -0.25) is 4.79 Å². The fraction of sp³-hybridized carbons (Fsp3) is 0.312. The van der Waals surface area contributed by atoms with Crippen molar-refractivity contribution in [1.29, 1.82) is 5.26 Å². The van der Waals surface area contributed by atoms with E-state index in [1.54, 1.807) is 19.9 Å². The van der Waals surface area contributed by atoms with E-state index in [4.69, 9.17) is 22.0 Å². The van der Waals surface area contributed by atoms with Crippen LogP contribution < -0.4 is 10.6 Å². The van der Waals surface area contributed by atoms with Gasteiger partial charge in [0, 0.05) is 11.9 Å². The Kier molecular flexibility index (Phi) is 7.03. The summed E-state index contributed by atoms with van der Waals surface area (Å²) in [6, 6.07) is 3.31. The molecule has 1 amide bonds. The van der Waals surface area contributed by atoms with Crippen molar-refractivity contribution in [3.63, 3.8) is 0 Å². The average Bonchev–Trinajstić information content (AvgIpc) is 2.52. The molecule has 10 heteroatoms. The Balaban J connectivity index is 2.99. The molecule has 0 aliphatic carbocycles. The highest BCUT2D eigenvalue weighted by molar-refractivity contribution is 6.31. The molecule has 0 spiro atoms. The molecule has 1 aromatic rings. The van der Waals surface area contributed by atoms with Crippen LogP contribution in [0.3, 0.4) is 0 Å². The zero-order valence-electron chi connectivity index (χ0n) is 13.7. The first-order valence-electron chi connectivity index (χ1n) is 7.24. The predicted molar refractivity (Wildman–Crippen MR) is 88.2 cm³/mol. The number of nitrogens with zero attached hydrogens (tertiary/aromatic N) is 1. The predicted octanol–water partition coefficient (Wildman–Crippen LogP) is 3.40. The van der Waals surface area contributed by atoms with Crippen LogP contribution in [-0.2, 0) is 15.8 Å². The van der Waals surface area contributed by atoms with Crippen molar-refractivity contribution in [2.75, 3.05) is 5.32 Å². The van der Waals surface area contributed by atoms with E-state index in [0.29, 0.717) is 0 Å². The van der Waals surface area contributed by atoms with Crippen LogP contribution in [0, 0.1) is 17.2 Å². The number of halogens is 4. The number of rotatable bonds is 6. The maximum atomic E-state index is 12.8. The number of amides is 1. The Bertz CT molecular complexity index is 770. The lowest BCUT2D eigenvalue weighted by Gasteiger charge is -2.17. The van der Waals surface area contributed by atoms with E-state index in [0.717, 1.165) is 18.3 Å². The van der Waals surface area contributed by atoms with Crippen molar-refractivity contribution in [1.82, 2.24) is 5.32 Å². The SMILES string of the molecule is CC(C)C(NC(=O)/C(C#N)=C\Nc1ccc(Cl)c(C(F)(F)F)c1)C(=O)O. The molecule has 3 N–H and O–H groups in total. The second-order valence-electron chi connectivity index (χ2n) is 5.54. The summed E-state index contributed by atoms with van der Waals surface area (Å²) >= 11 is 5.50. The second kappa shape index (κ2) is 8.58. The third-order valence-electron chi connectivity index (χ3n) is 3.24. The Morgan fingerprint density at radius 2 is 1.96 bits per heavy atom. The molecule has 1 atom stereocenters. The van der Waals surface area contributed by atoms with E-state index < -0.39 is 46.2 Å². The molecule has 0 heterocycles. The molecule has 1 rings (SSSR count). The zero-order valence-corrected chi connectivity index (χ0v) is 14.4. The number of alkyl halides is 3. The van der Waals surface area contributed by atoms with Gasteiger partial charge in [0.1, 0.15) is 17.7 Å². The third-order valence-corrected chi connectivity index (χ3v) is 3.57. The molecule has 1 unspecified atom stereocenters. The molecule has 0 saturated carbocycles. The number of anilines is 1. The highest BCUT2D eigenvalue weighted by atomic mass is 35.5. The van der Waals surface area contributed by atoms with Crippen LogP contribution in [0.25, 0.3) is 0 Å². The van der Waals surface area contributed by atoms with Gasteiger partial charge in [0.05, 0.1) is 10.6 Å². The third kappa shape index (κ3) is 5.67. The monoisotopic (exact) mass is 389 g/mol. The summed E-state index contributed by atoms with van der Waals surface area (Å²) in [6.45, 7) is 3.14. The van der Waals surface area contributed by atoms with Crippen LogP contribution in [-0.4, -0.2) is 23.0 Å². The van der Waals surface area contributed by atoms with Gasteiger partial charge in [0.2, 0.25) is 0 Å². The molecular weight excluding hydrogens is 375 g/mol. The topological polar surface area (TPSA) is 102 Å². The maximum Gasteiger partial charge on any atom is 0.417 e. The number of hydrogen-bond donors (Lipinski definition) is 3. The number of nitriles is 1. The van der Waals surface area contributed by atoms with Crippen LogP contribution >= 0.6 is 11.6 Å². The number of nitrogens with one attached hydrogen (secondary N) is 2. The summed E-state index contributed by atoms with van der Waals surface area (Å²) in [5.74, 6) is -2.67. The first-order chi connectivity index (χ1) is 12.0. The van der Waals surface area contributed by atoms with E-state index in [1.807, 2.05) is 0 Å². The van der Waals surface area contributed by atoms with E-state index in [1.165, 1.54) is 6.07 Å². The molecule has 0 radical (unpaired) electrons. The molecule has 0 aliphatic heterocycles. The van der Waals surface area contributed by atoms with E-state index in [2.05, 4.69) is 10.6 Å². The highest BCUT2D eigenvalue weighted by Gasteiger charge is 2.33. The molecule has 140 valence electrons. The molecule has 1 aromatic carbocycles. The minimum atomic E-state index is -4.67. The van der Waals surface area contributed by atoms with Gasteiger partial charge in [0.25, 0.3) is 5.91 Å². The molecule has 0 bridgehead atoms. The number of carbonyl (C=O) groups excluding carboxylic acids is 1. The van der Waals surface area contributed by atoms with Crippen LogP contribution in [0.15, 0.2) is 30.0 Å². The first-order valence-corrected chi connectivity index (χ1v) is 7.62. The zero-order chi connectivity index (χ0) is 20.1. The Hall–Kier alpha value is -2.73. The molecule has 0 aliphatic rings. The molecule has 26 heavy (non-hydrogen) atoms. The quantitative estimate of drug-likeness (QED) is 0.511. The smallest absolute Gasteiger partial charge is 0.417 e. The van der Waals surface area contributed by atoms with Crippen LogP contribution in [0.1, 0.15) is 19.4 Å². The van der Waals surface area contributed by atoms with Gasteiger partial charge in [-0.1, -0.05) is 25.4 Å². The summed E-state index contributed by atoms with van der Waals surface area (Å²) < 4.78 is 38.5. The Morgan fingerprint density at radius 3 is 2.42 bits per heavy atom. The molecule has 0 saturated heterocycles. The number of carbonyl (C=O) groups is 2. The van der Waals surface area contributed by atoms with E-state index in [-0.39, 0.29) is 5.69 Å². The summed E-state index contributed by atoms with van der Waals surface area (Å²) in [5.41, 5.74) is -1.63. The fourth-order valence-corrected chi connectivity index (χ4v) is 2.09.